The van der Waals surface area contributed by atoms with Crippen molar-refractivity contribution in [3.8, 4) is 0 Å². The minimum absolute atomic E-state index is 0.0800. The Morgan fingerprint density at radius 3 is 3.00 bits per heavy atom. The molecule has 1 aliphatic heterocycles. The van der Waals surface area contributed by atoms with Crippen molar-refractivity contribution in [3.63, 3.8) is 0 Å². The third-order valence-electron chi connectivity index (χ3n) is 3.55. The standard InChI is InChI=1S/C15H20FNO/c1-11-5-7-14(16)13(10-11)15(18)8-6-12-4-2-3-9-17-12/h5,7,10,12,17H,2-4,6,8-9H2,1H3. The lowest BCUT2D eigenvalue weighted by atomic mass is 9.97. The zero-order valence-corrected chi connectivity index (χ0v) is 10.8. The molecule has 0 spiro atoms. The molecule has 18 heavy (non-hydrogen) atoms. The van der Waals surface area contributed by atoms with Crippen LogP contribution >= 0.6 is 0 Å². The number of ketones is 1. The van der Waals surface area contributed by atoms with E-state index in [0.717, 1.165) is 24.9 Å². The van der Waals surface area contributed by atoms with Crippen LogP contribution < -0.4 is 5.32 Å². The molecule has 2 rings (SSSR count). The van der Waals surface area contributed by atoms with E-state index in [1.807, 2.05) is 6.92 Å². The maximum Gasteiger partial charge on any atom is 0.165 e. The third kappa shape index (κ3) is 3.39. The summed E-state index contributed by atoms with van der Waals surface area (Å²) in [5.74, 6) is -0.481. The number of rotatable bonds is 4. The molecule has 1 aromatic carbocycles. The molecule has 1 fully saturated rings. The van der Waals surface area contributed by atoms with Crippen LogP contribution in [0.1, 0.15) is 48.0 Å². The number of Topliss-reactive ketones (excluding diaryl/α,β-unsaturated/α-hetero) is 1. The smallest absolute Gasteiger partial charge is 0.165 e. The number of aryl methyl sites for hydroxylation is 1. The van der Waals surface area contributed by atoms with Gasteiger partial charge in [-0.25, -0.2) is 4.39 Å². The molecule has 0 radical (unpaired) electrons. The van der Waals surface area contributed by atoms with E-state index < -0.39 is 5.82 Å². The van der Waals surface area contributed by atoms with Gasteiger partial charge in [0.1, 0.15) is 5.82 Å². The lowest BCUT2D eigenvalue weighted by Gasteiger charge is -2.23. The third-order valence-corrected chi connectivity index (χ3v) is 3.55. The second-order valence-corrected chi connectivity index (χ2v) is 5.09. The summed E-state index contributed by atoms with van der Waals surface area (Å²) >= 11 is 0. The molecule has 1 aromatic rings. The first-order chi connectivity index (χ1) is 8.66. The maximum absolute atomic E-state index is 13.5. The van der Waals surface area contributed by atoms with E-state index in [9.17, 15) is 9.18 Å². The van der Waals surface area contributed by atoms with Gasteiger partial charge in [-0.15, -0.1) is 0 Å². The van der Waals surface area contributed by atoms with Gasteiger partial charge in [-0.3, -0.25) is 4.79 Å². The summed E-state index contributed by atoms with van der Waals surface area (Å²) < 4.78 is 13.5. The number of benzene rings is 1. The highest BCUT2D eigenvalue weighted by molar-refractivity contribution is 5.96. The number of nitrogens with one attached hydrogen (secondary N) is 1. The molecule has 1 N–H and O–H groups in total. The largest absolute Gasteiger partial charge is 0.314 e. The molecule has 1 aliphatic rings. The van der Waals surface area contributed by atoms with E-state index in [4.69, 9.17) is 0 Å². The molecule has 1 unspecified atom stereocenters. The lowest BCUT2D eigenvalue weighted by Crippen LogP contribution is -2.34. The molecule has 0 amide bonds. The van der Waals surface area contributed by atoms with E-state index in [1.54, 1.807) is 12.1 Å². The van der Waals surface area contributed by atoms with E-state index in [1.165, 1.54) is 18.9 Å². The zero-order chi connectivity index (χ0) is 13.0. The Morgan fingerprint density at radius 2 is 2.28 bits per heavy atom. The number of piperidine rings is 1. The molecule has 1 heterocycles. The number of hydrogen-bond acceptors (Lipinski definition) is 2. The van der Waals surface area contributed by atoms with Gasteiger partial charge in [0.25, 0.3) is 0 Å². The van der Waals surface area contributed by atoms with Crippen LogP contribution in [0.2, 0.25) is 0 Å². The van der Waals surface area contributed by atoms with Crippen molar-refractivity contribution < 1.29 is 9.18 Å². The fraction of sp³-hybridized carbons (Fsp3) is 0.533. The van der Waals surface area contributed by atoms with Crippen molar-refractivity contribution >= 4 is 5.78 Å². The van der Waals surface area contributed by atoms with Crippen LogP contribution in [-0.4, -0.2) is 18.4 Å². The quantitative estimate of drug-likeness (QED) is 0.830. The van der Waals surface area contributed by atoms with E-state index >= 15 is 0 Å². The minimum atomic E-state index is -0.401. The monoisotopic (exact) mass is 249 g/mol. The van der Waals surface area contributed by atoms with Gasteiger partial charge < -0.3 is 5.32 Å². The van der Waals surface area contributed by atoms with Gasteiger partial charge in [0.2, 0.25) is 0 Å². The number of halogens is 1. The van der Waals surface area contributed by atoms with Crippen LogP contribution in [0.15, 0.2) is 18.2 Å². The first kappa shape index (κ1) is 13.2. The van der Waals surface area contributed by atoms with Crippen LogP contribution in [-0.2, 0) is 0 Å². The van der Waals surface area contributed by atoms with Crippen LogP contribution in [0.4, 0.5) is 4.39 Å². The Bertz CT molecular complexity index is 425. The van der Waals surface area contributed by atoms with Crippen molar-refractivity contribution in [2.45, 2.75) is 45.1 Å². The Morgan fingerprint density at radius 1 is 1.44 bits per heavy atom. The minimum Gasteiger partial charge on any atom is -0.314 e. The highest BCUT2D eigenvalue weighted by atomic mass is 19.1. The summed E-state index contributed by atoms with van der Waals surface area (Å²) in [4.78, 5) is 12.0. The molecule has 1 atom stereocenters. The molecule has 98 valence electrons. The Hall–Kier alpha value is -1.22. The SMILES string of the molecule is Cc1ccc(F)c(C(=O)CCC2CCCCN2)c1. The molecule has 3 heteroatoms. The second kappa shape index (κ2) is 6.10. The second-order valence-electron chi connectivity index (χ2n) is 5.09. The molecule has 0 aromatic heterocycles. The van der Waals surface area contributed by atoms with Gasteiger partial charge >= 0.3 is 0 Å². The Balaban J connectivity index is 1.92. The van der Waals surface area contributed by atoms with Crippen LogP contribution in [0.3, 0.4) is 0 Å². The van der Waals surface area contributed by atoms with Crippen molar-refractivity contribution in [1.29, 1.82) is 0 Å². The van der Waals surface area contributed by atoms with Crippen LogP contribution in [0, 0.1) is 12.7 Å². The summed E-state index contributed by atoms with van der Waals surface area (Å²) in [5.41, 5.74) is 1.17. The summed E-state index contributed by atoms with van der Waals surface area (Å²) in [6, 6.07) is 5.14. The fourth-order valence-electron chi connectivity index (χ4n) is 2.46. The van der Waals surface area contributed by atoms with Crippen molar-refractivity contribution in [2.24, 2.45) is 0 Å². The van der Waals surface area contributed by atoms with Crippen LogP contribution in [0.25, 0.3) is 0 Å². The average molecular weight is 249 g/mol. The summed E-state index contributed by atoms with van der Waals surface area (Å²) in [7, 11) is 0. The van der Waals surface area contributed by atoms with E-state index in [-0.39, 0.29) is 11.3 Å². The maximum atomic E-state index is 13.5. The van der Waals surface area contributed by atoms with E-state index in [2.05, 4.69) is 5.32 Å². The van der Waals surface area contributed by atoms with Gasteiger partial charge in [0, 0.05) is 12.5 Å². The van der Waals surface area contributed by atoms with Crippen molar-refractivity contribution in [3.05, 3.63) is 35.1 Å². The topological polar surface area (TPSA) is 29.1 Å². The first-order valence-corrected chi connectivity index (χ1v) is 6.69. The summed E-state index contributed by atoms with van der Waals surface area (Å²) in [6.45, 7) is 2.91. The predicted molar refractivity (Wildman–Crippen MR) is 70.3 cm³/mol. The van der Waals surface area contributed by atoms with Gasteiger partial charge in [-0.1, -0.05) is 18.1 Å². The normalized spacial score (nSPS) is 19.8. The lowest BCUT2D eigenvalue weighted by molar-refractivity contribution is 0.0970. The number of hydrogen-bond donors (Lipinski definition) is 1. The summed E-state index contributed by atoms with van der Waals surface area (Å²) in [6.07, 6.45) is 4.81. The molecule has 0 bridgehead atoms. The molecule has 2 nitrogen and oxygen atoms in total. The average Bonchev–Trinajstić information content (AvgIpc) is 2.40. The molecule has 0 aliphatic carbocycles. The molecular weight excluding hydrogens is 229 g/mol. The van der Waals surface area contributed by atoms with Crippen molar-refractivity contribution in [2.75, 3.05) is 6.54 Å². The first-order valence-electron chi connectivity index (χ1n) is 6.69. The fourth-order valence-corrected chi connectivity index (χ4v) is 2.46. The number of carbonyl (C=O) groups is 1. The van der Waals surface area contributed by atoms with Gasteiger partial charge in [0.15, 0.2) is 5.78 Å². The number of carbonyl (C=O) groups excluding carboxylic acids is 1. The van der Waals surface area contributed by atoms with Crippen molar-refractivity contribution in [1.82, 2.24) is 5.32 Å². The van der Waals surface area contributed by atoms with Gasteiger partial charge in [0.05, 0.1) is 5.56 Å². The zero-order valence-electron chi connectivity index (χ0n) is 10.8. The predicted octanol–water partition coefficient (Wildman–Crippen LogP) is 3.24. The highest BCUT2D eigenvalue weighted by Crippen LogP contribution is 2.16. The Kier molecular flexibility index (Phi) is 4.48. The molecule has 1 saturated heterocycles. The summed E-state index contributed by atoms with van der Waals surface area (Å²) in [5, 5.41) is 3.41. The van der Waals surface area contributed by atoms with E-state index in [0.29, 0.717) is 12.5 Å². The van der Waals surface area contributed by atoms with Gasteiger partial charge in [-0.05, 0) is 44.9 Å². The Labute approximate surface area is 108 Å². The molecular formula is C15H20FNO. The van der Waals surface area contributed by atoms with Gasteiger partial charge in [-0.2, -0.15) is 0 Å². The highest BCUT2D eigenvalue weighted by Gasteiger charge is 2.16. The van der Waals surface area contributed by atoms with Crippen LogP contribution in [0.5, 0.6) is 0 Å². The molecule has 0 saturated carbocycles.